The highest BCUT2D eigenvalue weighted by Crippen LogP contribution is 2.23. The van der Waals surface area contributed by atoms with Gasteiger partial charge in [0.2, 0.25) is 11.8 Å². The number of aryl methyl sites for hydroxylation is 1. The zero-order valence-electron chi connectivity index (χ0n) is 16.6. The van der Waals surface area contributed by atoms with Crippen LogP contribution in [0.5, 0.6) is 5.88 Å². The first kappa shape index (κ1) is 18.9. The lowest BCUT2D eigenvalue weighted by Crippen LogP contribution is -2.22. The van der Waals surface area contributed by atoms with E-state index < -0.39 is 0 Å². The second kappa shape index (κ2) is 7.78. The molecule has 6 nitrogen and oxygen atoms in total. The monoisotopic (exact) mass is 365 g/mol. The second-order valence-corrected chi connectivity index (χ2v) is 7.64. The van der Waals surface area contributed by atoms with Crippen molar-refractivity contribution in [2.45, 2.75) is 52.8 Å². The maximum Gasteiger partial charge on any atom is 0.226 e. The van der Waals surface area contributed by atoms with E-state index in [4.69, 9.17) is 4.74 Å². The fraction of sp³-hybridized carbons (Fsp3) is 0.381. The van der Waals surface area contributed by atoms with Gasteiger partial charge in [-0.05, 0) is 40.2 Å². The molecule has 6 heteroatoms. The molecule has 0 aliphatic rings. The topological polar surface area (TPSA) is 64.9 Å². The molecule has 0 saturated heterocycles. The largest absolute Gasteiger partial charge is 0.473 e. The van der Waals surface area contributed by atoms with Crippen LogP contribution >= 0.6 is 0 Å². The van der Waals surface area contributed by atoms with Crippen LogP contribution in [0.4, 0.5) is 5.95 Å². The van der Waals surface area contributed by atoms with Gasteiger partial charge in [-0.2, -0.15) is 10.1 Å². The molecule has 2 heterocycles. The number of rotatable bonds is 6. The molecule has 2 aromatic heterocycles. The average Bonchev–Trinajstić information content (AvgIpc) is 3.03. The first-order valence-electron chi connectivity index (χ1n) is 9.16. The van der Waals surface area contributed by atoms with Crippen molar-refractivity contribution in [2.75, 3.05) is 5.32 Å². The van der Waals surface area contributed by atoms with Crippen LogP contribution < -0.4 is 10.1 Å². The van der Waals surface area contributed by atoms with Gasteiger partial charge in [0.15, 0.2) is 0 Å². The molecule has 0 radical (unpaired) electrons. The third-order valence-electron chi connectivity index (χ3n) is 4.30. The van der Waals surface area contributed by atoms with Gasteiger partial charge in [-0.15, -0.1) is 0 Å². The first-order valence-corrected chi connectivity index (χ1v) is 9.16. The molecule has 1 unspecified atom stereocenters. The summed E-state index contributed by atoms with van der Waals surface area (Å²) in [5.41, 5.74) is 3.18. The highest BCUT2D eigenvalue weighted by molar-refractivity contribution is 5.34. The van der Waals surface area contributed by atoms with Gasteiger partial charge in [0.1, 0.15) is 6.61 Å². The number of hydrogen-bond donors (Lipinski definition) is 1. The predicted molar refractivity (Wildman–Crippen MR) is 107 cm³/mol. The number of hydrogen-bond acceptors (Lipinski definition) is 5. The van der Waals surface area contributed by atoms with Crippen LogP contribution in [-0.4, -0.2) is 19.7 Å². The molecule has 0 aliphatic carbocycles. The molecule has 3 aromatic rings. The summed E-state index contributed by atoms with van der Waals surface area (Å²) in [4.78, 5) is 8.78. The van der Waals surface area contributed by atoms with E-state index in [1.807, 2.05) is 41.9 Å². The Balaban J connectivity index is 1.68. The van der Waals surface area contributed by atoms with E-state index in [-0.39, 0.29) is 11.6 Å². The van der Waals surface area contributed by atoms with Crippen LogP contribution in [0.2, 0.25) is 0 Å². The van der Waals surface area contributed by atoms with Crippen molar-refractivity contribution in [3.05, 3.63) is 65.6 Å². The Bertz CT molecular complexity index is 883. The van der Waals surface area contributed by atoms with Gasteiger partial charge in [-0.1, -0.05) is 30.3 Å². The average molecular weight is 365 g/mol. The number of nitrogens with zero attached hydrogens (tertiary/aromatic N) is 4. The van der Waals surface area contributed by atoms with Gasteiger partial charge in [-0.25, -0.2) is 4.98 Å². The van der Waals surface area contributed by atoms with E-state index in [0.29, 0.717) is 18.4 Å². The van der Waals surface area contributed by atoms with Crippen molar-refractivity contribution in [3.8, 4) is 5.88 Å². The Labute approximate surface area is 160 Å². The standard InChI is InChI=1S/C21H27N5O/c1-15(18-13-26(21(3,4)5)25-16(18)2)23-20-22-12-11-19(24-20)27-14-17-9-7-6-8-10-17/h6-13,15H,14H2,1-5H3,(H,22,23,24). The minimum Gasteiger partial charge on any atom is -0.473 e. The minimum absolute atomic E-state index is 0.0328. The molecule has 142 valence electrons. The van der Waals surface area contributed by atoms with Crippen LogP contribution in [0.15, 0.2) is 48.8 Å². The quantitative estimate of drug-likeness (QED) is 0.697. The minimum atomic E-state index is -0.0512. The Morgan fingerprint density at radius 2 is 1.89 bits per heavy atom. The second-order valence-electron chi connectivity index (χ2n) is 7.64. The molecule has 1 atom stereocenters. The summed E-state index contributed by atoms with van der Waals surface area (Å²) in [6.07, 6.45) is 3.79. The van der Waals surface area contributed by atoms with E-state index in [9.17, 15) is 0 Å². The number of nitrogens with one attached hydrogen (secondary N) is 1. The van der Waals surface area contributed by atoms with Gasteiger partial charge in [0.25, 0.3) is 0 Å². The maximum atomic E-state index is 5.78. The molecule has 3 rings (SSSR count). The molecule has 0 spiro atoms. The molecule has 0 amide bonds. The Morgan fingerprint density at radius 3 is 2.56 bits per heavy atom. The summed E-state index contributed by atoms with van der Waals surface area (Å²) in [6.45, 7) is 11.0. The van der Waals surface area contributed by atoms with Crippen LogP contribution in [0, 0.1) is 6.92 Å². The van der Waals surface area contributed by atoms with Crippen LogP contribution in [0.25, 0.3) is 0 Å². The van der Waals surface area contributed by atoms with Crippen LogP contribution in [0.3, 0.4) is 0 Å². The molecule has 0 fully saturated rings. The zero-order chi connectivity index (χ0) is 19.4. The summed E-state index contributed by atoms with van der Waals surface area (Å²) < 4.78 is 7.78. The number of anilines is 1. The predicted octanol–water partition coefficient (Wildman–Crippen LogP) is 4.49. The van der Waals surface area contributed by atoms with Crippen LogP contribution in [0.1, 0.15) is 50.6 Å². The molecular weight excluding hydrogens is 338 g/mol. The summed E-state index contributed by atoms with van der Waals surface area (Å²) in [6, 6.07) is 11.8. The first-order chi connectivity index (χ1) is 12.8. The SMILES string of the molecule is Cc1nn(C(C)(C)C)cc1C(C)Nc1nccc(OCc2ccccc2)n1. The summed E-state index contributed by atoms with van der Waals surface area (Å²) >= 11 is 0. The molecule has 0 aliphatic heterocycles. The summed E-state index contributed by atoms with van der Waals surface area (Å²) in [5.74, 6) is 1.08. The number of aromatic nitrogens is 4. The lowest BCUT2D eigenvalue weighted by molar-refractivity contribution is 0.293. The van der Waals surface area contributed by atoms with Crippen molar-refractivity contribution >= 4 is 5.95 Å². The third kappa shape index (κ3) is 4.84. The molecule has 1 N–H and O–H groups in total. The van der Waals surface area contributed by atoms with Crippen molar-refractivity contribution in [1.82, 2.24) is 19.7 Å². The molecular formula is C21H27N5O. The van der Waals surface area contributed by atoms with E-state index in [1.165, 1.54) is 0 Å². The summed E-state index contributed by atoms with van der Waals surface area (Å²) in [7, 11) is 0. The van der Waals surface area contributed by atoms with Crippen molar-refractivity contribution in [1.29, 1.82) is 0 Å². The maximum absolute atomic E-state index is 5.78. The van der Waals surface area contributed by atoms with Gasteiger partial charge in [0.05, 0.1) is 17.3 Å². The Kier molecular flexibility index (Phi) is 5.44. The number of benzene rings is 1. The smallest absolute Gasteiger partial charge is 0.226 e. The van der Waals surface area contributed by atoms with Crippen molar-refractivity contribution < 1.29 is 4.74 Å². The van der Waals surface area contributed by atoms with Crippen molar-refractivity contribution in [3.63, 3.8) is 0 Å². The Hall–Kier alpha value is -2.89. The fourth-order valence-corrected chi connectivity index (χ4v) is 2.74. The molecule has 27 heavy (non-hydrogen) atoms. The number of ether oxygens (including phenoxy) is 1. The fourth-order valence-electron chi connectivity index (χ4n) is 2.74. The lowest BCUT2D eigenvalue weighted by Gasteiger charge is -2.19. The van der Waals surface area contributed by atoms with E-state index in [0.717, 1.165) is 16.8 Å². The van der Waals surface area contributed by atoms with Crippen LogP contribution in [-0.2, 0) is 12.1 Å². The van der Waals surface area contributed by atoms with Gasteiger partial charge < -0.3 is 10.1 Å². The van der Waals surface area contributed by atoms with E-state index in [1.54, 1.807) is 12.3 Å². The Morgan fingerprint density at radius 1 is 1.15 bits per heavy atom. The van der Waals surface area contributed by atoms with Gasteiger partial charge in [0, 0.05) is 24.0 Å². The molecule has 0 bridgehead atoms. The zero-order valence-corrected chi connectivity index (χ0v) is 16.6. The molecule has 0 saturated carbocycles. The third-order valence-corrected chi connectivity index (χ3v) is 4.30. The van der Waals surface area contributed by atoms with Crippen molar-refractivity contribution in [2.24, 2.45) is 0 Å². The summed E-state index contributed by atoms with van der Waals surface area (Å²) in [5, 5.41) is 7.98. The van der Waals surface area contributed by atoms with E-state index in [2.05, 4.69) is 54.3 Å². The highest BCUT2D eigenvalue weighted by atomic mass is 16.5. The lowest BCUT2D eigenvalue weighted by atomic mass is 10.1. The van der Waals surface area contributed by atoms with E-state index >= 15 is 0 Å². The van der Waals surface area contributed by atoms with Gasteiger partial charge in [-0.3, -0.25) is 4.68 Å². The highest BCUT2D eigenvalue weighted by Gasteiger charge is 2.19. The van der Waals surface area contributed by atoms with Gasteiger partial charge >= 0.3 is 0 Å². The normalized spacial score (nSPS) is 12.6. The molecule has 1 aromatic carbocycles.